The van der Waals surface area contributed by atoms with Crippen molar-refractivity contribution in [3.63, 3.8) is 0 Å². The highest BCUT2D eigenvalue weighted by Gasteiger charge is 2.16. The molecule has 0 radical (unpaired) electrons. The number of thiophene rings is 1. The standard InChI is InChI=1S/C14H18N2O2S2/c1-3-11-4-6-12(7-5-11)16-20(17,18)14-8-13(9-15-2)19-10-14/h4-8,10,15-16H,3,9H2,1-2H3. The molecule has 2 rings (SSSR count). The van der Waals surface area contributed by atoms with Crippen LogP contribution >= 0.6 is 11.3 Å². The highest BCUT2D eigenvalue weighted by Crippen LogP contribution is 2.22. The third-order valence-electron chi connectivity index (χ3n) is 2.91. The lowest BCUT2D eigenvalue weighted by atomic mass is 10.2. The monoisotopic (exact) mass is 310 g/mol. The summed E-state index contributed by atoms with van der Waals surface area (Å²) >= 11 is 1.44. The molecule has 2 aromatic rings. The number of rotatable bonds is 6. The zero-order valence-corrected chi connectivity index (χ0v) is 13.1. The molecule has 0 aliphatic rings. The second-order valence-corrected chi connectivity index (χ2v) is 7.11. The van der Waals surface area contributed by atoms with Crippen molar-refractivity contribution in [3.05, 3.63) is 46.2 Å². The zero-order chi connectivity index (χ0) is 14.6. The number of benzene rings is 1. The van der Waals surface area contributed by atoms with E-state index in [-0.39, 0.29) is 0 Å². The molecule has 0 unspecified atom stereocenters. The van der Waals surface area contributed by atoms with E-state index in [9.17, 15) is 8.42 Å². The summed E-state index contributed by atoms with van der Waals surface area (Å²) in [5.74, 6) is 0. The van der Waals surface area contributed by atoms with Gasteiger partial charge in [-0.2, -0.15) is 0 Å². The fourth-order valence-corrected chi connectivity index (χ4v) is 4.14. The van der Waals surface area contributed by atoms with Crippen LogP contribution in [0.25, 0.3) is 0 Å². The van der Waals surface area contributed by atoms with E-state index >= 15 is 0 Å². The predicted molar refractivity (Wildman–Crippen MR) is 83.7 cm³/mol. The van der Waals surface area contributed by atoms with Gasteiger partial charge in [0.15, 0.2) is 0 Å². The lowest BCUT2D eigenvalue weighted by Gasteiger charge is -2.07. The topological polar surface area (TPSA) is 58.2 Å². The Hall–Kier alpha value is -1.37. The van der Waals surface area contributed by atoms with E-state index < -0.39 is 10.0 Å². The van der Waals surface area contributed by atoms with Gasteiger partial charge in [0.1, 0.15) is 0 Å². The zero-order valence-electron chi connectivity index (χ0n) is 11.5. The fraction of sp³-hybridized carbons (Fsp3) is 0.286. The molecule has 0 amide bonds. The Morgan fingerprint density at radius 3 is 2.50 bits per heavy atom. The summed E-state index contributed by atoms with van der Waals surface area (Å²) in [5, 5.41) is 4.67. The van der Waals surface area contributed by atoms with Crippen LogP contribution in [-0.4, -0.2) is 15.5 Å². The molecule has 0 fully saturated rings. The van der Waals surface area contributed by atoms with Crippen LogP contribution in [0.2, 0.25) is 0 Å². The molecular weight excluding hydrogens is 292 g/mol. The van der Waals surface area contributed by atoms with Crippen molar-refractivity contribution < 1.29 is 8.42 Å². The van der Waals surface area contributed by atoms with E-state index in [1.165, 1.54) is 16.9 Å². The van der Waals surface area contributed by atoms with E-state index in [0.29, 0.717) is 17.1 Å². The smallest absolute Gasteiger partial charge is 0.262 e. The molecule has 108 valence electrons. The average Bonchev–Trinajstić information content (AvgIpc) is 2.89. The van der Waals surface area contributed by atoms with Gasteiger partial charge in [-0.3, -0.25) is 4.72 Å². The molecule has 0 spiro atoms. The first kappa shape index (κ1) is 15.0. The largest absolute Gasteiger partial charge is 0.315 e. The van der Waals surface area contributed by atoms with Gasteiger partial charge in [-0.25, -0.2) is 8.42 Å². The van der Waals surface area contributed by atoms with Crippen LogP contribution in [0, 0.1) is 0 Å². The number of aryl methyl sites for hydroxylation is 1. The molecule has 6 heteroatoms. The van der Waals surface area contributed by atoms with Gasteiger partial charge in [0.25, 0.3) is 10.0 Å². The van der Waals surface area contributed by atoms with Crippen molar-refractivity contribution in [2.75, 3.05) is 11.8 Å². The third kappa shape index (κ3) is 3.59. The van der Waals surface area contributed by atoms with E-state index in [2.05, 4.69) is 17.0 Å². The molecule has 0 saturated carbocycles. The van der Waals surface area contributed by atoms with Crippen LogP contribution in [0.15, 0.2) is 40.6 Å². The van der Waals surface area contributed by atoms with E-state index in [0.717, 1.165) is 11.3 Å². The number of anilines is 1. The van der Waals surface area contributed by atoms with E-state index in [1.807, 2.05) is 19.2 Å². The molecule has 4 nitrogen and oxygen atoms in total. The number of hydrogen-bond acceptors (Lipinski definition) is 4. The molecular formula is C14H18N2O2S2. The SMILES string of the molecule is CCc1ccc(NS(=O)(=O)c2csc(CNC)c2)cc1. The Morgan fingerprint density at radius 2 is 1.90 bits per heavy atom. The maximum atomic E-state index is 12.2. The minimum Gasteiger partial charge on any atom is -0.315 e. The first-order valence-electron chi connectivity index (χ1n) is 6.39. The van der Waals surface area contributed by atoms with E-state index in [4.69, 9.17) is 0 Å². The van der Waals surface area contributed by atoms with Gasteiger partial charge >= 0.3 is 0 Å². The lowest BCUT2D eigenvalue weighted by Crippen LogP contribution is -2.12. The Labute approximate surface area is 123 Å². The summed E-state index contributed by atoms with van der Waals surface area (Å²) in [6.45, 7) is 2.74. The highest BCUT2D eigenvalue weighted by molar-refractivity contribution is 7.92. The first-order chi connectivity index (χ1) is 9.55. The molecule has 2 N–H and O–H groups in total. The highest BCUT2D eigenvalue weighted by atomic mass is 32.2. The summed E-state index contributed by atoms with van der Waals surface area (Å²) in [4.78, 5) is 1.31. The summed E-state index contributed by atoms with van der Waals surface area (Å²) in [7, 11) is -1.66. The van der Waals surface area contributed by atoms with Gasteiger partial charge in [-0.05, 0) is 37.2 Å². The van der Waals surface area contributed by atoms with Gasteiger partial charge in [0.2, 0.25) is 0 Å². The van der Waals surface area contributed by atoms with Crippen molar-refractivity contribution in [1.29, 1.82) is 0 Å². The summed E-state index contributed by atoms with van der Waals surface area (Å²) in [6.07, 6.45) is 0.935. The van der Waals surface area contributed by atoms with E-state index in [1.54, 1.807) is 23.6 Å². The second-order valence-electron chi connectivity index (χ2n) is 4.44. The van der Waals surface area contributed by atoms with Crippen LogP contribution < -0.4 is 10.0 Å². The van der Waals surface area contributed by atoms with Gasteiger partial charge in [0, 0.05) is 22.5 Å². The number of sulfonamides is 1. The average molecular weight is 310 g/mol. The maximum Gasteiger partial charge on any atom is 0.262 e. The van der Waals surface area contributed by atoms with Crippen molar-refractivity contribution in [3.8, 4) is 0 Å². The molecule has 1 aromatic carbocycles. The summed E-state index contributed by atoms with van der Waals surface area (Å²) in [5.41, 5.74) is 1.77. The van der Waals surface area contributed by atoms with Gasteiger partial charge in [0.05, 0.1) is 4.90 Å². The quantitative estimate of drug-likeness (QED) is 0.862. The van der Waals surface area contributed by atoms with Gasteiger partial charge < -0.3 is 5.32 Å². The Balaban J connectivity index is 2.16. The predicted octanol–water partition coefficient (Wildman–Crippen LogP) is 2.83. The summed E-state index contributed by atoms with van der Waals surface area (Å²) in [6, 6.07) is 9.13. The van der Waals surface area contributed by atoms with Crippen molar-refractivity contribution in [1.82, 2.24) is 5.32 Å². The lowest BCUT2D eigenvalue weighted by molar-refractivity contribution is 0.601. The van der Waals surface area contributed by atoms with Crippen molar-refractivity contribution in [2.45, 2.75) is 24.8 Å². The first-order valence-corrected chi connectivity index (χ1v) is 8.75. The minimum atomic E-state index is -3.50. The number of hydrogen-bond donors (Lipinski definition) is 2. The molecule has 0 bridgehead atoms. The Morgan fingerprint density at radius 1 is 1.20 bits per heavy atom. The maximum absolute atomic E-state index is 12.2. The van der Waals surface area contributed by atoms with Crippen molar-refractivity contribution >= 4 is 27.0 Å². The molecule has 1 aromatic heterocycles. The van der Waals surface area contributed by atoms with Crippen molar-refractivity contribution in [2.24, 2.45) is 0 Å². The molecule has 0 aliphatic carbocycles. The van der Waals surface area contributed by atoms with Gasteiger partial charge in [-0.1, -0.05) is 19.1 Å². The molecule has 1 heterocycles. The number of nitrogens with one attached hydrogen (secondary N) is 2. The summed E-state index contributed by atoms with van der Waals surface area (Å²) < 4.78 is 27.1. The molecule has 20 heavy (non-hydrogen) atoms. The van der Waals surface area contributed by atoms with Crippen LogP contribution in [0.1, 0.15) is 17.4 Å². The molecule has 0 atom stereocenters. The van der Waals surface area contributed by atoms with Crippen LogP contribution in [0.3, 0.4) is 0 Å². The normalized spacial score (nSPS) is 11.5. The Kier molecular flexibility index (Phi) is 4.80. The fourth-order valence-electron chi connectivity index (χ4n) is 1.79. The Bertz CT molecular complexity index is 661. The minimum absolute atomic E-state index is 0.312. The van der Waals surface area contributed by atoms with Crippen LogP contribution in [0.5, 0.6) is 0 Å². The molecule has 0 aliphatic heterocycles. The third-order valence-corrected chi connectivity index (χ3v) is 5.35. The van der Waals surface area contributed by atoms with Crippen LogP contribution in [-0.2, 0) is 23.0 Å². The molecule has 0 saturated heterocycles. The second kappa shape index (κ2) is 6.39. The van der Waals surface area contributed by atoms with Gasteiger partial charge in [-0.15, -0.1) is 11.3 Å². The van der Waals surface area contributed by atoms with Crippen LogP contribution in [0.4, 0.5) is 5.69 Å².